The van der Waals surface area contributed by atoms with Gasteiger partial charge in [-0.1, -0.05) is 55.9 Å². The fourth-order valence-corrected chi connectivity index (χ4v) is 6.72. The Morgan fingerprint density at radius 3 is 2.54 bits per heavy atom. The van der Waals surface area contributed by atoms with Crippen LogP contribution in [0, 0.1) is 35.0 Å². The average molecular weight is 545 g/mol. The van der Waals surface area contributed by atoms with E-state index in [0.717, 1.165) is 24.8 Å². The standard InChI is InChI=1S/C32H48O7/c1-20-16-17-27-25(28(20)33)18-22(3)26-15-11-8-12-21(2)29(38-19-36-6)24(30(34)37-7)14-10-9-13-23(4)39-31(35)32(26,27)5/h8,11-12,14-15,18,20-21,23,25-29,33H,9-10,13,16-17,19H2,1-7H3/b12-8+,15-11+,24-14-/t20-,21-,23+,25+,26-,27-,28+,29+,32-/m0/s1. The van der Waals surface area contributed by atoms with Crippen molar-refractivity contribution in [3.8, 4) is 0 Å². The van der Waals surface area contributed by atoms with Crippen LogP contribution >= 0.6 is 0 Å². The van der Waals surface area contributed by atoms with E-state index in [1.807, 2.05) is 45.1 Å². The minimum atomic E-state index is -0.784. The second kappa shape index (κ2) is 13.9. The van der Waals surface area contributed by atoms with Crippen LogP contribution < -0.4 is 0 Å². The molecule has 3 rings (SSSR count). The Hall–Kier alpha value is -2.22. The number of fused-ring (bicyclic) bond motifs is 3. The molecule has 0 spiro atoms. The van der Waals surface area contributed by atoms with E-state index in [1.165, 1.54) is 7.11 Å². The van der Waals surface area contributed by atoms with Crippen molar-refractivity contribution in [3.05, 3.63) is 47.6 Å². The molecule has 0 unspecified atom stereocenters. The van der Waals surface area contributed by atoms with Crippen molar-refractivity contribution in [2.24, 2.45) is 35.0 Å². The van der Waals surface area contributed by atoms with Crippen LogP contribution in [0.2, 0.25) is 0 Å². The molecular formula is C32H48O7. The maximum Gasteiger partial charge on any atom is 0.336 e. The summed E-state index contributed by atoms with van der Waals surface area (Å²) >= 11 is 0. The molecule has 7 nitrogen and oxygen atoms in total. The number of carbonyl (C=O) groups excluding carboxylic acids is 2. The van der Waals surface area contributed by atoms with Crippen molar-refractivity contribution >= 4 is 11.9 Å². The van der Waals surface area contributed by atoms with Crippen molar-refractivity contribution in [1.82, 2.24) is 0 Å². The van der Waals surface area contributed by atoms with Crippen LogP contribution in [0.1, 0.15) is 66.7 Å². The fraction of sp³-hybridized carbons (Fsp3) is 0.688. The summed E-state index contributed by atoms with van der Waals surface area (Å²) in [4.78, 5) is 26.6. The molecule has 9 atom stereocenters. The Labute approximate surface area is 234 Å². The molecule has 1 N–H and O–H groups in total. The molecular weight excluding hydrogens is 496 g/mol. The number of aliphatic hydroxyl groups is 1. The molecule has 0 aromatic rings. The van der Waals surface area contributed by atoms with Gasteiger partial charge in [0.25, 0.3) is 0 Å². The zero-order valence-corrected chi connectivity index (χ0v) is 24.7. The van der Waals surface area contributed by atoms with E-state index in [0.29, 0.717) is 18.4 Å². The maximum absolute atomic E-state index is 14.0. The zero-order chi connectivity index (χ0) is 28.7. The van der Waals surface area contributed by atoms with E-state index in [1.54, 1.807) is 7.11 Å². The van der Waals surface area contributed by atoms with Crippen LogP contribution in [-0.4, -0.2) is 56.4 Å². The van der Waals surface area contributed by atoms with Crippen LogP contribution in [0.5, 0.6) is 0 Å². The topological polar surface area (TPSA) is 91.3 Å². The van der Waals surface area contributed by atoms with Gasteiger partial charge >= 0.3 is 11.9 Å². The van der Waals surface area contributed by atoms with Gasteiger partial charge in [0.05, 0.1) is 36.4 Å². The molecule has 1 heterocycles. The number of methoxy groups -OCH3 is 2. The molecule has 7 heteroatoms. The molecule has 0 saturated heterocycles. The molecule has 2 aliphatic carbocycles. The van der Waals surface area contributed by atoms with E-state index in [-0.39, 0.29) is 48.5 Å². The first kappa shape index (κ1) is 31.3. The first-order valence-electron chi connectivity index (χ1n) is 14.4. The lowest BCUT2D eigenvalue weighted by Crippen LogP contribution is -2.54. The van der Waals surface area contributed by atoms with E-state index >= 15 is 0 Å². The SMILES string of the molecule is COCO[C@H]1/C(C(=O)OC)=C/CCC[C@@H](C)OC(=O)[C@@]2(C)[C@@H](/C=C/C=C/[C@@H]1C)C(C)=C[C@H]1[C@H](O)[C@@H](C)CC[C@@H]12. The van der Waals surface area contributed by atoms with Crippen LogP contribution in [0.4, 0.5) is 0 Å². The number of cyclic esters (lactones) is 1. The smallest absolute Gasteiger partial charge is 0.336 e. The number of carbonyl (C=O) groups is 2. The molecule has 0 radical (unpaired) electrons. The van der Waals surface area contributed by atoms with Gasteiger partial charge in [0, 0.05) is 24.9 Å². The lowest BCUT2D eigenvalue weighted by molar-refractivity contribution is -0.172. The first-order valence-corrected chi connectivity index (χ1v) is 14.4. The molecule has 1 saturated carbocycles. The number of hydrogen-bond acceptors (Lipinski definition) is 7. The predicted molar refractivity (Wildman–Crippen MR) is 150 cm³/mol. The van der Waals surface area contributed by atoms with Crippen LogP contribution in [-0.2, 0) is 28.5 Å². The summed E-state index contributed by atoms with van der Waals surface area (Å²) in [5, 5.41) is 11.1. The Balaban J connectivity index is 2.02. The molecule has 3 aliphatic rings. The van der Waals surface area contributed by atoms with Crippen molar-refractivity contribution in [2.75, 3.05) is 21.0 Å². The van der Waals surface area contributed by atoms with Crippen LogP contribution in [0.25, 0.3) is 0 Å². The number of hydrogen-bond donors (Lipinski definition) is 1. The highest BCUT2D eigenvalue weighted by Crippen LogP contribution is 2.55. The Morgan fingerprint density at radius 2 is 1.85 bits per heavy atom. The minimum Gasteiger partial charge on any atom is -0.466 e. The van der Waals surface area contributed by atoms with Gasteiger partial charge < -0.3 is 24.1 Å². The zero-order valence-electron chi connectivity index (χ0n) is 24.7. The number of allylic oxidation sites excluding steroid dienone is 5. The van der Waals surface area contributed by atoms with E-state index in [4.69, 9.17) is 18.9 Å². The largest absolute Gasteiger partial charge is 0.466 e. The average Bonchev–Trinajstić information content (AvgIpc) is 2.90. The summed E-state index contributed by atoms with van der Waals surface area (Å²) in [5.74, 6) is -0.776. The third kappa shape index (κ3) is 6.93. The molecule has 0 amide bonds. The van der Waals surface area contributed by atoms with E-state index < -0.39 is 23.6 Å². The molecule has 39 heavy (non-hydrogen) atoms. The quantitative estimate of drug-likeness (QED) is 0.282. The van der Waals surface area contributed by atoms with Crippen LogP contribution in [0.3, 0.4) is 0 Å². The second-order valence-electron chi connectivity index (χ2n) is 11.8. The third-order valence-corrected chi connectivity index (χ3v) is 9.06. The molecule has 0 aromatic heterocycles. The summed E-state index contributed by atoms with van der Waals surface area (Å²) in [6.45, 7) is 10.2. The monoisotopic (exact) mass is 544 g/mol. The second-order valence-corrected chi connectivity index (χ2v) is 11.8. The summed E-state index contributed by atoms with van der Waals surface area (Å²) in [7, 11) is 2.92. The highest BCUT2D eigenvalue weighted by atomic mass is 16.7. The van der Waals surface area contributed by atoms with Crippen molar-refractivity contribution in [1.29, 1.82) is 0 Å². The summed E-state index contributed by atoms with van der Waals surface area (Å²) in [6.07, 6.45) is 14.5. The molecule has 1 fully saturated rings. The normalized spacial score (nSPS) is 41.1. The third-order valence-electron chi connectivity index (χ3n) is 9.06. The number of aliphatic hydroxyl groups excluding tert-OH is 1. The van der Waals surface area contributed by atoms with Gasteiger partial charge in [0.2, 0.25) is 0 Å². The van der Waals surface area contributed by atoms with Crippen molar-refractivity contribution in [3.63, 3.8) is 0 Å². The van der Waals surface area contributed by atoms with Gasteiger partial charge in [-0.05, 0) is 64.7 Å². The summed E-state index contributed by atoms with van der Waals surface area (Å²) in [6, 6.07) is 0. The Kier molecular flexibility index (Phi) is 11.2. The van der Waals surface area contributed by atoms with Crippen LogP contribution in [0.15, 0.2) is 47.6 Å². The fourth-order valence-electron chi connectivity index (χ4n) is 6.72. The lowest BCUT2D eigenvalue weighted by Gasteiger charge is -2.52. The van der Waals surface area contributed by atoms with Gasteiger partial charge in [-0.15, -0.1) is 0 Å². The number of ether oxygens (including phenoxy) is 4. The van der Waals surface area contributed by atoms with Gasteiger partial charge in [-0.2, -0.15) is 0 Å². The van der Waals surface area contributed by atoms with Gasteiger partial charge in [-0.25, -0.2) is 4.79 Å². The molecule has 0 bridgehead atoms. The first-order chi connectivity index (χ1) is 18.6. The van der Waals surface area contributed by atoms with Gasteiger partial charge in [-0.3, -0.25) is 4.79 Å². The highest BCUT2D eigenvalue weighted by Gasteiger charge is 2.56. The molecule has 1 aliphatic heterocycles. The highest BCUT2D eigenvalue weighted by molar-refractivity contribution is 5.89. The summed E-state index contributed by atoms with van der Waals surface area (Å²) in [5.41, 5.74) is 0.753. The maximum atomic E-state index is 14.0. The molecule has 0 aromatic carbocycles. The summed E-state index contributed by atoms with van der Waals surface area (Å²) < 4.78 is 22.3. The van der Waals surface area contributed by atoms with Gasteiger partial charge in [0.1, 0.15) is 6.79 Å². The number of esters is 2. The van der Waals surface area contributed by atoms with Gasteiger partial charge in [0.15, 0.2) is 0 Å². The Morgan fingerprint density at radius 1 is 1.13 bits per heavy atom. The lowest BCUT2D eigenvalue weighted by atomic mass is 9.52. The number of rotatable bonds is 4. The van der Waals surface area contributed by atoms with Crippen molar-refractivity contribution in [2.45, 2.75) is 85.0 Å². The van der Waals surface area contributed by atoms with E-state index in [9.17, 15) is 14.7 Å². The minimum absolute atomic E-state index is 0.000842. The molecule has 218 valence electrons. The van der Waals surface area contributed by atoms with Crippen molar-refractivity contribution < 1.29 is 33.6 Å². The van der Waals surface area contributed by atoms with E-state index in [2.05, 4.69) is 26.0 Å². The predicted octanol–water partition coefficient (Wildman–Crippen LogP) is 5.54. The Bertz CT molecular complexity index is 979.